The molecule has 3 aromatic carbocycles. The Morgan fingerprint density at radius 1 is 0.912 bits per heavy atom. The first-order chi connectivity index (χ1) is 16.2. The van der Waals surface area contributed by atoms with Crippen LogP contribution in [-0.2, 0) is 19.4 Å². The van der Waals surface area contributed by atoms with E-state index in [0.29, 0.717) is 5.56 Å². The molecule has 8 nitrogen and oxygen atoms in total. The summed E-state index contributed by atoms with van der Waals surface area (Å²) in [5, 5.41) is 11.1. The number of carbonyl (C=O) groups is 2. The summed E-state index contributed by atoms with van der Waals surface area (Å²) in [6.07, 6.45) is -0.0705. The molecule has 34 heavy (non-hydrogen) atoms. The monoisotopic (exact) mass is 482 g/mol. The average Bonchev–Trinajstić information content (AvgIpc) is 2.87. The maximum Gasteiger partial charge on any atom is 0.265 e. The van der Waals surface area contributed by atoms with Crippen LogP contribution in [0, 0.1) is 0 Å². The number of benzene rings is 3. The van der Waals surface area contributed by atoms with E-state index < -0.39 is 20.5 Å². The second-order valence-corrected chi connectivity index (χ2v) is 10.8. The van der Waals surface area contributed by atoms with Crippen molar-refractivity contribution in [2.24, 2.45) is 0 Å². The summed E-state index contributed by atoms with van der Waals surface area (Å²) in [5.41, 5.74) is 3.82. The Morgan fingerprint density at radius 2 is 1.50 bits per heavy atom. The van der Waals surface area contributed by atoms with Crippen LogP contribution >= 0.6 is 0 Å². The zero-order chi connectivity index (χ0) is 24.5. The fourth-order valence-corrected chi connectivity index (χ4v) is 6.23. The number of amides is 2. The molecule has 0 aliphatic carbocycles. The molecular weight excluding hydrogens is 456 g/mol. The van der Waals surface area contributed by atoms with Gasteiger partial charge in [-0.25, -0.2) is 13.9 Å². The van der Waals surface area contributed by atoms with E-state index in [-0.39, 0.29) is 36.9 Å². The van der Waals surface area contributed by atoms with Gasteiger partial charge in [-0.3, -0.25) is 14.8 Å². The largest absolute Gasteiger partial charge is 0.381 e. The summed E-state index contributed by atoms with van der Waals surface area (Å²) in [6, 6.07) is 17.7. The van der Waals surface area contributed by atoms with E-state index in [0.717, 1.165) is 21.9 Å². The van der Waals surface area contributed by atoms with Gasteiger partial charge in [-0.15, -0.1) is 0 Å². The number of nitrogens with zero attached hydrogens (tertiary/aromatic N) is 1. The highest BCUT2D eigenvalue weighted by Crippen LogP contribution is 2.36. The lowest BCUT2D eigenvalue weighted by molar-refractivity contribution is -0.134. The lowest BCUT2D eigenvalue weighted by Crippen LogP contribution is -2.54. The minimum Gasteiger partial charge on any atom is -0.381 e. The molecule has 0 spiro atoms. The van der Waals surface area contributed by atoms with Gasteiger partial charge in [-0.1, -0.05) is 30.3 Å². The zero-order valence-corrected chi connectivity index (χ0v) is 19.8. The Hall–Kier alpha value is -3.27. The second kappa shape index (κ2) is 9.17. The van der Waals surface area contributed by atoms with Gasteiger partial charge in [0.05, 0.1) is 4.90 Å². The Labute approximate surface area is 198 Å². The van der Waals surface area contributed by atoms with Crippen molar-refractivity contribution in [2.45, 2.75) is 22.5 Å². The van der Waals surface area contributed by atoms with Gasteiger partial charge in [0.25, 0.3) is 11.8 Å². The maximum absolute atomic E-state index is 13.4. The van der Waals surface area contributed by atoms with Crippen molar-refractivity contribution < 1.29 is 28.0 Å². The lowest BCUT2D eigenvalue weighted by atomic mass is 9.98. The number of hydrogen-bond donors (Lipinski definition) is 2. The van der Waals surface area contributed by atoms with Gasteiger partial charge in [-0.05, 0) is 65.1 Å². The highest BCUT2D eigenvalue weighted by atomic mass is 32.2. The van der Waals surface area contributed by atoms with E-state index in [9.17, 15) is 23.2 Å². The molecular formula is C25H26N2O6S. The summed E-state index contributed by atoms with van der Waals surface area (Å²) in [4.78, 5) is 26.2. The first-order valence-corrected chi connectivity index (χ1v) is 12.3. The van der Waals surface area contributed by atoms with E-state index in [1.165, 1.54) is 22.5 Å². The van der Waals surface area contributed by atoms with Gasteiger partial charge in [0.15, 0.2) is 14.6 Å². The minimum absolute atomic E-state index is 0.00868. The van der Waals surface area contributed by atoms with Crippen molar-refractivity contribution in [2.75, 3.05) is 27.3 Å². The van der Waals surface area contributed by atoms with Gasteiger partial charge < -0.3 is 9.64 Å². The van der Waals surface area contributed by atoms with Crippen LogP contribution in [-0.4, -0.2) is 62.4 Å². The van der Waals surface area contributed by atoms with Gasteiger partial charge in [-0.2, -0.15) is 0 Å². The smallest absolute Gasteiger partial charge is 0.265 e. The van der Waals surface area contributed by atoms with Crippen LogP contribution in [0.2, 0.25) is 0 Å². The molecule has 2 N–H and O–H groups in total. The van der Waals surface area contributed by atoms with Crippen LogP contribution in [0.15, 0.2) is 65.6 Å². The molecule has 1 aliphatic rings. The summed E-state index contributed by atoms with van der Waals surface area (Å²) in [7, 11) is -0.661. The molecule has 1 aliphatic heterocycles. The predicted octanol–water partition coefficient (Wildman–Crippen LogP) is 3.04. The first kappa shape index (κ1) is 23.9. The standard InChI is InChI=1S/C25H26N2O6S/c1-27(2)23(28)21-6-5-19-15-18(3-4-20(19)16-21)17-7-9-22(10-8-17)34(31,32)25(24(29)26-30)11-13-33-14-12-25/h3-10,15-16,30H,11-14H2,1-2H3,(H,26,29). The molecule has 0 radical (unpaired) electrons. The maximum atomic E-state index is 13.4. The third kappa shape index (κ3) is 4.06. The number of rotatable bonds is 5. The third-order valence-corrected chi connectivity index (χ3v) is 8.84. The highest BCUT2D eigenvalue weighted by molar-refractivity contribution is 7.93. The molecule has 2 amide bonds. The number of fused-ring (bicyclic) bond motifs is 1. The number of hydroxylamine groups is 1. The van der Waals surface area contributed by atoms with Crippen molar-refractivity contribution in [1.82, 2.24) is 10.4 Å². The molecule has 1 saturated heterocycles. The summed E-state index contributed by atoms with van der Waals surface area (Å²) < 4.78 is 30.3. The molecule has 4 rings (SSSR count). The van der Waals surface area contributed by atoms with Crippen LogP contribution in [0.5, 0.6) is 0 Å². The van der Waals surface area contributed by atoms with Crippen LogP contribution in [0.4, 0.5) is 0 Å². The second-order valence-electron chi connectivity index (χ2n) is 8.55. The van der Waals surface area contributed by atoms with Crippen LogP contribution in [0.1, 0.15) is 23.2 Å². The van der Waals surface area contributed by atoms with Crippen LogP contribution < -0.4 is 5.48 Å². The van der Waals surface area contributed by atoms with Crippen molar-refractivity contribution in [3.8, 4) is 11.1 Å². The predicted molar refractivity (Wildman–Crippen MR) is 127 cm³/mol. The number of sulfone groups is 1. The number of ether oxygens (including phenoxy) is 1. The van der Waals surface area contributed by atoms with E-state index in [2.05, 4.69) is 0 Å². The number of nitrogens with one attached hydrogen (secondary N) is 1. The molecule has 3 aromatic rings. The molecule has 178 valence electrons. The molecule has 1 heterocycles. The average molecular weight is 483 g/mol. The van der Waals surface area contributed by atoms with E-state index >= 15 is 0 Å². The first-order valence-electron chi connectivity index (χ1n) is 10.8. The van der Waals surface area contributed by atoms with Gasteiger partial charge >= 0.3 is 0 Å². The van der Waals surface area contributed by atoms with Gasteiger partial charge in [0.1, 0.15) is 0 Å². The molecule has 0 atom stereocenters. The summed E-state index contributed by atoms with van der Waals surface area (Å²) in [6.45, 7) is 0.230. The van der Waals surface area contributed by atoms with E-state index in [1.807, 2.05) is 30.3 Å². The molecule has 0 unspecified atom stereocenters. The zero-order valence-electron chi connectivity index (χ0n) is 18.9. The van der Waals surface area contributed by atoms with Crippen molar-refractivity contribution in [3.05, 3.63) is 66.2 Å². The highest BCUT2D eigenvalue weighted by Gasteiger charge is 2.52. The van der Waals surface area contributed by atoms with Crippen molar-refractivity contribution in [3.63, 3.8) is 0 Å². The normalized spacial score (nSPS) is 15.6. The topological polar surface area (TPSA) is 113 Å². The molecule has 9 heteroatoms. The van der Waals surface area contributed by atoms with Crippen molar-refractivity contribution in [1.29, 1.82) is 0 Å². The molecule has 0 saturated carbocycles. The van der Waals surface area contributed by atoms with Gasteiger partial charge in [0, 0.05) is 32.9 Å². The Balaban J connectivity index is 1.66. The van der Waals surface area contributed by atoms with Crippen molar-refractivity contribution >= 4 is 32.4 Å². The van der Waals surface area contributed by atoms with E-state index in [4.69, 9.17) is 4.74 Å². The lowest BCUT2D eigenvalue weighted by Gasteiger charge is -2.34. The Kier molecular flexibility index (Phi) is 6.44. The molecule has 0 aromatic heterocycles. The number of carbonyl (C=O) groups excluding carboxylic acids is 2. The van der Waals surface area contributed by atoms with Gasteiger partial charge in [0.2, 0.25) is 0 Å². The number of hydrogen-bond acceptors (Lipinski definition) is 6. The minimum atomic E-state index is -4.08. The molecule has 1 fully saturated rings. The van der Waals surface area contributed by atoms with Crippen LogP contribution in [0.25, 0.3) is 21.9 Å². The Morgan fingerprint density at radius 3 is 2.12 bits per heavy atom. The quantitative estimate of drug-likeness (QED) is 0.427. The summed E-state index contributed by atoms with van der Waals surface area (Å²) in [5.74, 6) is -1.01. The Bertz CT molecular complexity index is 1340. The third-order valence-electron chi connectivity index (χ3n) is 6.32. The van der Waals surface area contributed by atoms with E-state index in [1.54, 1.807) is 32.3 Å². The summed E-state index contributed by atoms with van der Waals surface area (Å²) >= 11 is 0. The fraction of sp³-hybridized carbons (Fsp3) is 0.280. The SMILES string of the molecule is CN(C)C(=O)c1ccc2cc(-c3ccc(S(=O)(=O)C4(C(=O)NO)CCOCC4)cc3)ccc2c1. The fourth-order valence-electron chi connectivity index (χ4n) is 4.29. The van der Waals surface area contributed by atoms with Crippen LogP contribution in [0.3, 0.4) is 0 Å². The molecule has 0 bridgehead atoms.